The molecule has 0 saturated carbocycles. The molecule has 16 heavy (non-hydrogen) atoms. The third kappa shape index (κ3) is 2.48. The third-order valence-electron chi connectivity index (χ3n) is 1.87. The highest BCUT2D eigenvalue weighted by Gasteiger charge is 2.07. The van der Waals surface area contributed by atoms with Gasteiger partial charge in [-0.05, 0) is 28.9 Å². The predicted molar refractivity (Wildman–Crippen MR) is 63.8 cm³/mol. The molecule has 0 aliphatic rings. The van der Waals surface area contributed by atoms with Crippen molar-refractivity contribution < 1.29 is 4.74 Å². The van der Waals surface area contributed by atoms with Crippen LogP contribution in [-0.2, 0) is 0 Å². The van der Waals surface area contributed by atoms with E-state index in [0.29, 0.717) is 22.3 Å². The summed E-state index contributed by atoms with van der Waals surface area (Å²) in [7, 11) is 0. The Hall–Kier alpha value is -1.20. The Labute approximate surface area is 106 Å². The number of nitrogens with zero attached hydrogens (tertiary/aromatic N) is 3. The van der Waals surface area contributed by atoms with E-state index in [1.165, 1.54) is 6.33 Å². The predicted octanol–water partition coefficient (Wildman–Crippen LogP) is 3.39. The van der Waals surface area contributed by atoms with Crippen LogP contribution in [-0.4, -0.2) is 15.0 Å². The summed E-state index contributed by atoms with van der Waals surface area (Å²) >= 11 is 9.16. The first kappa shape index (κ1) is 11.3. The van der Waals surface area contributed by atoms with Crippen LogP contribution in [0.4, 0.5) is 0 Å². The molecule has 2 rings (SSSR count). The molecule has 2 aromatic rings. The average molecular weight is 301 g/mol. The number of hydrogen-bond donors (Lipinski definition) is 0. The van der Waals surface area contributed by atoms with Gasteiger partial charge in [0, 0.05) is 16.2 Å². The molecule has 0 atom stereocenters. The van der Waals surface area contributed by atoms with E-state index in [2.05, 4.69) is 30.9 Å². The molecule has 6 heteroatoms. The first-order valence-corrected chi connectivity index (χ1v) is 5.59. The SMILES string of the molecule is Cc1c(Cl)ncnc1Oc1cncc(Br)c1. The zero-order valence-electron chi connectivity index (χ0n) is 8.32. The van der Waals surface area contributed by atoms with Crippen LogP contribution in [0.1, 0.15) is 5.56 Å². The van der Waals surface area contributed by atoms with Gasteiger partial charge in [-0.3, -0.25) is 4.98 Å². The number of ether oxygens (including phenoxy) is 1. The highest BCUT2D eigenvalue weighted by atomic mass is 79.9. The molecule has 0 saturated heterocycles. The molecule has 82 valence electrons. The third-order valence-corrected chi connectivity index (χ3v) is 2.69. The molecule has 0 amide bonds. The number of pyridine rings is 1. The van der Waals surface area contributed by atoms with Gasteiger partial charge < -0.3 is 4.74 Å². The zero-order valence-corrected chi connectivity index (χ0v) is 10.7. The monoisotopic (exact) mass is 299 g/mol. The van der Waals surface area contributed by atoms with E-state index in [1.54, 1.807) is 25.4 Å². The molecule has 4 nitrogen and oxygen atoms in total. The molecule has 0 aliphatic heterocycles. The smallest absolute Gasteiger partial charge is 0.226 e. The lowest BCUT2D eigenvalue weighted by Gasteiger charge is -2.07. The molecule has 0 N–H and O–H groups in total. The van der Waals surface area contributed by atoms with Crippen molar-refractivity contribution in [3.05, 3.63) is 40.0 Å². The van der Waals surface area contributed by atoms with Gasteiger partial charge in [0.1, 0.15) is 17.2 Å². The summed E-state index contributed by atoms with van der Waals surface area (Å²) in [4.78, 5) is 11.8. The molecular formula is C10H7BrClN3O. The Bertz CT molecular complexity index is 521. The fraction of sp³-hybridized carbons (Fsp3) is 0.100. The summed E-state index contributed by atoms with van der Waals surface area (Å²) in [6, 6.07) is 1.79. The summed E-state index contributed by atoms with van der Waals surface area (Å²) in [5, 5.41) is 0.382. The maximum absolute atomic E-state index is 5.86. The van der Waals surface area contributed by atoms with Crippen LogP contribution in [0.2, 0.25) is 5.15 Å². The lowest BCUT2D eigenvalue weighted by Crippen LogP contribution is -1.94. The largest absolute Gasteiger partial charge is 0.437 e. The fourth-order valence-electron chi connectivity index (χ4n) is 1.08. The maximum atomic E-state index is 5.86. The van der Waals surface area contributed by atoms with Crippen LogP contribution >= 0.6 is 27.5 Å². The van der Waals surface area contributed by atoms with Crippen molar-refractivity contribution in [2.24, 2.45) is 0 Å². The van der Waals surface area contributed by atoms with Crippen molar-refractivity contribution in [3.8, 4) is 11.6 Å². The highest BCUT2D eigenvalue weighted by molar-refractivity contribution is 9.10. The molecule has 2 heterocycles. The van der Waals surface area contributed by atoms with Gasteiger partial charge >= 0.3 is 0 Å². The Morgan fingerprint density at radius 2 is 2.12 bits per heavy atom. The Kier molecular flexibility index (Phi) is 3.36. The molecule has 0 unspecified atom stereocenters. The molecule has 0 fully saturated rings. The van der Waals surface area contributed by atoms with Gasteiger partial charge in [0.2, 0.25) is 5.88 Å². The van der Waals surface area contributed by atoms with Gasteiger partial charge in [-0.1, -0.05) is 11.6 Å². The Morgan fingerprint density at radius 1 is 1.31 bits per heavy atom. The molecular weight excluding hydrogens is 293 g/mol. The number of rotatable bonds is 2. The van der Waals surface area contributed by atoms with Crippen molar-refractivity contribution in [1.29, 1.82) is 0 Å². The van der Waals surface area contributed by atoms with Gasteiger partial charge in [-0.25, -0.2) is 9.97 Å². The van der Waals surface area contributed by atoms with Crippen molar-refractivity contribution in [1.82, 2.24) is 15.0 Å². The number of aromatic nitrogens is 3. The minimum absolute atomic E-state index is 0.382. The van der Waals surface area contributed by atoms with E-state index in [9.17, 15) is 0 Å². The molecule has 0 spiro atoms. The summed E-state index contributed by atoms with van der Waals surface area (Å²) in [6.45, 7) is 1.79. The van der Waals surface area contributed by atoms with E-state index in [1.807, 2.05) is 0 Å². The summed E-state index contributed by atoms with van der Waals surface area (Å²) < 4.78 is 6.38. The van der Waals surface area contributed by atoms with E-state index < -0.39 is 0 Å². The van der Waals surface area contributed by atoms with Gasteiger partial charge in [-0.2, -0.15) is 0 Å². The van der Waals surface area contributed by atoms with E-state index >= 15 is 0 Å². The molecule has 0 radical (unpaired) electrons. The van der Waals surface area contributed by atoms with Crippen LogP contribution in [0.15, 0.2) is 29.3 Å². The summed E-state index contributed by atoms with van der Waals surface area (Å²) in [6.07, 6.45) is 4.63. The Morgan fingerprint density at radius 3 is 2.88 bits per heavy atom. The fourth-order valence-corrected chi connectivity index (χ4v) is 1.54. The van der Waals surface area contributed by atoms with Crippen molar-refractivity contribution in [3.63, 3.8) is 0 Å². The van der Waals surface area contributed by atoms with E-state index in [4.69, 9.17) is 16.3 Å². The van der Waals surface area contributed by atoms with Crippen molar-refractivity contribution in [2.75, 3.05) is 0 Å². The second kappa shape index (κ2) is 4.76. The average Bonchev–Trinajstić information content (AvgIpc) is 2.25. The van der Waals surface area contributed by atoms with Crippen LogP contribution < -0.4 is 4.74 Å². The highest BCUT2D eigenvalue weighted by Crippen LogP contribution is 2.26. The second-order valence-corrected chi connectivity index (χ2v) is 4.31. The minimum atomic E-state index is 0.382. The first-order chi connectivity index (χ1) is 7.66. The van der Waals surface area contributed by atoms with Crippen LogP contribution in [0.25, 0.3) is 0 Å². The minimum Gasteiger partial charge on any atom is -0.437 e. The topological polar surface area (TPSA) is 47.9 Å². The summed E-state index contributed by atoms with van der Waals surface area (Å²) in [5.74, 6) is 1.02. The van der Waals surface area contributed by atoms with E-state index in [-0.39, 0.29) is 0 Å². The van der Waals surface area contributed by atoms with E-state index in [0.717, 1.165) is 4.47 Å². The van der Waals surface area contributed by atoms with Crippen LogP contribution in [0.5, 0.6) is 11.6 Å². The molecule has 0 bridgehead atoms. The Balaban J connectivity index is 2.31. The number of hydrogen-bond acceptors (Lipinski definition) is 4. The van der Waals surface area contributed by atoms with Gasteiger partial charge in [0.25, 0.3) is 0 Å². The quantitative estimate of drug-likeness (QED) is 0.798. The van der Waals surface area contributed by atoms with Crippen molar-refractivity contribution in [2.45, 2.75) is 6.92 Å². The van der Waals surface area contributed by atoms with Crippen LogP contribution in [0.3, 0.4) is 0 Å². The van der Waals surface area contributed by atoms with Gasteiger partial charge in [0.15, 0.2) is 0 Å². The molecule has 2 aromatic heterocycles. The lowest BCUT2D eigenvalue weighted by atomic mass is 10.4. The maximum Gasteiger partial charge on any atom is 0.226 e. The standard InChI is InChI=1S/C10H7BrClN3O/c1-6-9(12)14-5-15-10(6)16-8-2-7(11)3-13-4-8/h2-5H,1H3. The first-order valence-electron chi connectivity index (χ1n) is 4.42. The van der Waals surface area contributed by atoms with Gasteiger partial charge in [-0.15, -0.1) is 0 Å². The lowest BCUT2D eigenvalue weighted by molar-refractivity contribution is 0.455. The molecule has 0 aromatic carbocycles. The number of halogens is 2. The van der Waals surface area contributed by atoms with Gasteiger partial charge in [0.05, 0.1) is 6.20 Å². The summed E-state index contributed by atoms with van der Waals surface area (Å²) in [5.41, 5.74) is 0.698. The molecule has 0 aliphatic carbocycles. The normalized spacial score (nSPS) is 10.2. The zero-order chi connectivity index (χ0) is 11.5. The van der Waals surface area contributed by atoms with Crippen molar-refractivity contribution >= 4 is 27.5 Å². The second-order valence-electron chi connectivity index (χ2n) is 3.04. The van der Waals surface area contributed by atoms with Crippen LogP contribution in [0, 0.1) is 6.92 Å².